The first kappa shape index (κ1) is 16.1. The number of ether oxygens (including phenoxy) is 1. The van der Waals surface area contributed by atoms with Crippen molar-refractivity contribution in [2.45, 2.75) is 58.5 Å². The number of furan rings is 1. The Bertz CT molecular complexity index is 460. The molecule has 1 atom stereocenters. The minimum Gasteiger partial charge on any atom is -0.463 e. The summed E-state index contributed by atoms with van der Waals surface area (Å²) in [5.74, 6) is 1.34. The monoisotopic (exact) mass is 293 g/mol. The van der Waals surface area contributed by atoms with Crippen LogP contribution in [0.4, 0.5) is 0 Å². The molecule has 0 aromatic carbocycles. The second kappa shape index (κ2) is 7.12. The number of carbonyl (C=O) groups excluding carboxylic acids is 1. The lowest BCUT2D eigenvalue weighted by Gasteiger charge is -2.34. The summed E-state index contributed by atoms with van der Waals surface area (Å²) in [6, 6.07) is 4.43. The molecule has 1 fully saturated rings. The molecule has 1 aliphatic rings. The van der Waals surface area contributed by atoms with E-state index in [1.54, 1.807) is 6.07 Å². The van der Waals surface area contributed by atoms with Crippen molar-refractivity contribution in [3.63, 3.8) is 0 Å². The predicted molar refractivity (Wildman–Crippen MR) is 82.3 cm³/mol. The molecule has 4 nitrogen and oxygen atoms in total. The van der Waals surface area contributed by atoms with E-state index in [4.69, 9.17) is 9.15 Å². The van der Waals surface area contributed by atoms with Crippen LogP contribution < -0.4 is 0 Å². The number of methoxy groups -OCH3 is 1. The van der Waals surface area contributed by atoms with E-state index in [0.29, 0.717) is 12.0 Å². The molecule has 1 unspecified atom stereocenters. The van der Waals surface area contributed by atoms with Gasteiger partial charge in [0.25, 0.3) is 0 Å². The van der Waals surface area contributed by atoms with Crippen LogP contribution in [0.5, 0.6) is 0 Å². The summed E-state index contributed by atoms with van der Waals surface area (Å²) in [6.07, 6.45) is 5.17. The van der Waals surface area contributed by atoms with Crippen LogP contribution in [-0.4, -0.2) is 30.6 Å². The summed E-state index contributed by atoms with van der Waals surface area (Å²) in [4.78, 5) is 14.1. The largest absolute Gasteiger partial charge is 0.463 e. The van der Waals surface area contributed by atoms with E-state index in [2.05, 4.69) is 25.7 Å². The maximum atomic E-state index is 11.5. The Labute approximate surface area is 127 Å². The molecule has 1 aromatic rings. The van der Waals surface area contributed by atoms with Gasteiger partial charge in [-0.15, -0.1) is 0 Å². The number of esters is 1. The molecule has 0 radical (unpaired) electrons. The van der Waals surface area contributed by atoms with Crippen molar-refractivity contribution in [2.24, 2.45) is 5.92 Å². The van der Waals surface area contributed by atoms with Crippen LogP contribution in [0.3, 0.4) is 0 Å². The fourth-order valence-electron chi connectivity index (χ4n) is 3.23. The zero-order valence-corrected chi connectivity index (χ0v) is 13.6. The van der Waals surface area contributed by atoms with Crippen molar-refractivity contribution >= 4 is 5.97 Å². The van der Waals surface area contributed by atoms with Gasteiger partial charge in [-0.05, 0) is 37.8 Å². The van der Waals surface area contributed by atoms with Gasteiger partial charge in [-0.3, -0.25) is 4.90 Å². The molecule has 1 heterocycles. The Morgan fingerprint density at radius 3 is 2.57 bits per heavy atom. The third-order valence-electron chi connectivity index (χ3n) is 4.29. The highest BCUT2D eigenvalue weighted by atomic mass is 16.5. The average molecular weight is 293 g/mol. The average Bonchev–Trinajstić information content (AvgIpc) is 3.13. The number of nitrogens with zero attached hydrogens (tertiary/aromatic N) is 1. The Morgan fingerprint density at radius 2 is 2.00 bits per heavy atom. The molecule has 1 saturated carbocycles. The van der Waals surface area contributed by atoms with Crippen LogP contribution in [-0.2, 0) is 4.74 Å². The third-order valence-corrected chi connectivity index (χ3v) is 4.29. The lowest BCUT2D eigenvalue weighted by Crippen LogP contribution is -2.38. The number of hydrogen-bond donors (Lipinski definition) is 0. The van der Waals surface area contributed by atoms with Crippen LogP contribution in [0.25, 0.3) is 0 Å². The molecule has 4 heteroatoms. The first-order valence-electron chi connectivity index (χ1n) is 7.96. The molecular formula is C17H27NO3. The Morgan fingerprint density at radius 1 is 1.33 bits per heavy atom. The van der Waals surface area contributed by atoms with Crippen molar-refractivity contribution < 1.29 is 13.9 Å². The van der Waals surface area contributed by atoms with Gasteiger partial charge >= 0.3 is 5.97 Å². The molecule has 0 saturated heterocycles. The standard InChI is InChI=1S/C17H27NO3/c1-12(2)11-18(14-7-5-6-8-14)13(3)15-9-10-16(21-15)17(19)20-4/h9-10,12-14H,5-8,11H2,1-4H3. The molecule has 118 valence electrons. The minimum atomic E-state index is -0.412. The van der Waals surface area contributed by atoms with E-state index >= 15 is 0 Å². The predicted octanol–water partition coefficient (Wildman–Crippen LogP) is 4.03. The zero-order valence-electron chi connectivity index (χ0n) is 13.6. The highest BCUT2D eigenvalue weighted by molar-refractivity contribution is 5.86. The van der Waals surface area contributed by atoms with E-state index in [1.165, 1.54) is 32.8 Å². The minimum absolute atomic E-state index is 0.189. The van der Waals surface area contributed by atoms with Gasteiger partial charge in [-0.1, -0.05) is 26.7 Å². The summed E-state index contributed by atoms with van der Waals surface area (Å²) < 4.78 is 10.4. The van der Waals surface area contributed by atoms with Crippen LogP contribution in [0.2, 0.25) is 0 Å². The summed E-state index contributed by atoms with van der Waals surface area (Å²) in [6.45, 7) is 7.72. The molecule has 2 rings (SSSR count). The lowest BCUT2D eigenvalue weighted by molar-refractivity contribution is 0.0554. The second-order valence-electron chi connectivity index (χ2n) is 6.40. The van der Waals surface area contributed by atoms with Crippen molar-refractivity contribution in [2.75, 3.05) is 13.7 Å². The molecular weight excluding hydrogens is 266 g/mol. The topological polar surface area (TPSA) is 42.7 Å². The molecule has 0 aliphatic heterocycles. The summed E-state index contributed by atoms with van der Waals surface area (Å²) in [5, 5.41) is 0. The van der Waals surface area contributed by atoms with Gasteiger partial charge in [0.05, 0.1) is 13.2 Å². The second-order valence-corrected chi connectivity index (χ2v) is 6.40. The van der Waals surface area contributed by atoms with Gasteiger partial charge < -0.3 is 9.15 Å². The van der Waals surface area contributed by atoms with Crippen LogP contribution in [0, 0.1) is 5.92 Å². The highest BCUT2D eigenvalue weighted by Crippen LogP contribution is 2.32. The van der Waals surface area contributed by atoms with Crippen LogP contribution in [0.1, 0.15) is 68.8 Å². The third kappa shape index (κ3) is 3.88. The highest BCUT2D eigenvalue weighted by Gasteiger charge is 2.29. The van der Waals surface area contributed by atoms with Crippen molar-refractivity contribution in [1.29, 1.82) is 0 Å². The molecule has 21 heavy (non-hydrogen) atoms. The van der Waals surface area contributed by atoms with Gasteiger partial charge in [0.2, 0.25) is 5.76 Å². The van der Waals surface area contributed by atoms with Gasteiger partial charge in [-0.25, -0.2) is 4.79 Å². The molecule has 0 N–H and O–H groups in total. The number of hydrogen-bond acceptors (Lipinski definition) is 4. The Balaban J connectivity index is 2.14. The van der Waals surface area contributed by atoms with E-state index in [-0.39, 0.29) is 11.8 Å². The van der Waals surface area contributed by atoms with E-state index in [1.807, 2.05) is 6.07 Å². The van der Waals surface area contributed by atoms with Crippen molar-refractivity contribution in [3.8, 4) is 0 Å². The van der Waals surface area contributed by atoms with Gasteiger partial charge in [0.1, 0.15) is 5.76 Å². The molecule has 1 aromatic heterocycles. The quantitative estimate of drug-likeness (QED) is 0.743. The maximum absolute atomic E-state index is 11.5. The maximum Gasteiger partial charge on any atom is 0.373 e. The normalized spacial score (nSPS) is 17.6. The molecule has 1 aliphatic carbocycles. The molecule has 0 bridgehead atoms. The first-order valence-corrected chi connectivity index (χ1v) is 7.96. The smallest absolute Gasteiger partial charge is 0.373 e. The van der Waals surface area contributed by atoms with Crippen molar-refractivity contribution in [1.82, 2.24) is 4.90 Å². The zero-order chi connectivity index (χ0) is 15.4. The molecule has 0 spiro atoms. The lowest BCUT2D eigenvalue weighted by atomic mass is 10.1. The summed E-state index contributed by atoms with van der Waals surface area (Å²) in [7, 11) is 1.37. The SMILES string of the molecule is COC(=O)c1ccc(C(C)N(CC(C)C)C2CCCC2)o1. The van der Waals surface area contributed by atoms with Crippen LogP contribution >= 0.6 is 0 Å². The van der Waals surface area contributed by atoms with Gasteiger partial charge in [0, 0.05) is 12.6 Å². The number of rotatable bonds is 6. The number of carbonyl (C=O) groups is 1. The first-order chi connectivity index (χ1) is 10.0. The van der Waals surface area contributed by atoms with Crippen molar-refractivity contribution in [3.05, 3.63) is 23.7 Å². The Kier molecular flexibility index (Phi) is 5.45. The fourth-order valence-corrected chi connectivity index (χ4v) is 3.23. The molecule has 0 amide bonds. The van der Waals surface area contributed by atoms with Gasteiger partial charge in [0.15, 0.2) is 0 Å². The van der Waals surface area contributed by atoms with E-state index in [9.17, 15) is 4.79 Å². The van der Waals surface area contributed by atoms with Gasteiger partial charge in [-0.2, -0.15) is 0 Å². The fraction of sp³-hybridized carbons (Fsp3) is 0.706. The van der Waals surface area contributed by atoms with E-state index in [0.717, 1.165) is 12.3 Å². The van der Waals surface area contributed by atoms with Crippen LogP contribution in [0.15, 0.2) is 16.5 Å². The summed E-state index contributed by atoms with van der Waals surface area (Å²) in [5.41, 5.74) is 0. The van der Waals surface area contributed by atoms with E-state index < -0.39 is 5.97 Å². The summed E-state index contributed by atoms with van der Waals surface area (Å²) >= 11 is 0. The Hall–Kier alpha value is -1.29.